The largest absolute Gasteiger partial charge is 0.508 e. The molecular weight excluding hydrogens is 728 g/mol. The molecule has 2 amide bonds. The smallest absolute Gasteiger partial charge is 0.336 e. The molecule has 6 rings (SSSR count). The maximum atomic E-state index is 13.0. The predicted molar refractivity (Wildman–Crippen MR) is 213 cm³/mol. The van der Waals surface area contributed by atoms with Crippen molar-refractivity contribution in [3.63, 3.8) is 0 Å². The Balaban J connectivity index is 0.000000799. The van der Waals surface area contributed by atoms with Crippen LogP contribution in [-0.4, -0.2) is 52.3 Å². The fourth-order valence-electron chi connectivity index (χ4n) is 5.33. The Labute approximate surface area is 327 Å². The van der Waals surface area contributed by atoms with Crippen molar-refractivity contribution >= 4 is 35.1 Å². The number of ether oxygens (including phenoxy) is 3. The summed E-state index contributed by atoms with van der Waals surface area (Å²) in [5.41, 5.74) is 2.29. The SMILES string of the molecule is C#COc1ccc(C(=O)Nc2ccc(Cc3ccc(NC(=O)c4ccc(OCCOc5ccccc5)cc4C(=O)O)cc3)cc2)c(C(=O)O)c1.Oc1ccccc1. The predicted octanol–water partition coefficient (Wildman–Crippen LogP) is 8.00. The number of benzene rings is 6. The quantitative estimate of drug-likeness (QED) is 0.0539. The maximum Gasteiger partial charge on any atom is 0.336 e. The number of aromatic hydroxyl groups is 1. The van der Waals surface area contributed by atoms with Gasteiger partial charge in [-0.05, 0) is 102 Å². The Bertz CT molecular complexity index is 2360. The van der Waals surface area contributed by atoms with Crippen molar-refractivity contribution < 1.29 is 48.7 Å². The third kappa shape index (κ3) is 12.0. The molecule has 286 valence electrons. The lowest BCUT2D eigenvalue weighted by atomic mass is 10.0. The van der Waals surface area contributed by atoms with Gasteiger partial charge >= 0.3 is 11.9 Å². The van der Waals surface area contributed by atoms with E-state index in [0.717, 1.165) is 11.1 Å². The van der Waals surface area contributed by atoms with Crippen molar-refractivity contribution in [2.24, 2.45) is 0 Å². The Morgan fingerprint density at radius 2 is 0.965 bits per heavy atom. The third-order valence-corrected chi connectivity index (χ3v) is 8.06. The Hall–Kier alpha value is -8.04. The second kappa shape index (κ2) is 19.9. The van der Waals surface area contributed by atoms with E-state index in [-0.39, 0.29) is 41.2 Å². The van der Waals surface area contributed by atoms with Crippen LogP contribution in [0.5, 0.6) is 23.0 Å². The van der Waals surface area contributed by atoms with Crippen molar-refractivity contribution in [1.82, 2.24) is 0 Å². The number of rotatable bonds is 14. The first-order valence-corrected chi connectivity index (χ1v) is 17.3. The molecule has 6 aromatic rings. The summed E-state index contributed by atoms with van der Waals surface area (Å²) >= 11 is 0. The molecular formula is C45H36N2O10. The van der Waals surface area contributed by atoms with Crippen LogP contribution in [-0.2, 0) is 6.42 Å². The lowest BCUT2D eigenvalue weighted by molar-refractivity contribution is 0.0683. The highest BCUT2D eigenvalue weighted by molar-refractivity contribution is 6.11. The van der Waals surface area contributed by atoms with Gasteiger partial charge in [0.25, 0.3) is 11.8 Å². The van der Waals surface area contributed by atoms with Gasteiger partial charge in [-0.15, -0.1) is 0 Å². The molecule has 5 N–H and O–H groups in total. The number of carbonyl (C=O) groups excluding carboxylic acids is 2. The molecule has 12 heteroatoms. The standard InChI is InChI=1S/C39H30N2O9.C6H6O/c1-2-48-30-16-18-32(34(23-30)38(44)45)36(42)40-27-12-8-25(9-13-27)22-26-10-14-28(15-11-26)41-37(43)33-19-17-31(24-35(33)39(46)47)50-21-20-49-29-6-4-3-5-7-29;7-6-4-2-1-3-5-6/h1,3-19,23-24H,20-22H2,(H,40,42)(H,41,43)(H,44,45)(H,46,47);1-5,7H. The molecule has 0 radical (unpaired) electrons. The zero-order valence-electron chi connectivity index (χ0n) is 30.3. The fraction of sp³-hybridized carbons (Fsp3) is 0.0667. The van der Waals surface area contributed by atoms with Gasteiger partial charge in [0.05, 0.1) is 22.3 Å². The van der Waals surface area contributed by atoms with Crippen LogP contribution in [0.3, 0.4) is 0 Å². The van der Waals surface area contributed by atoms with E-state index in [4.69, 9.17) is 25.7 Å². The Morgan fingerprint density at radius 3 is 1.40 bits per heavy atom. The molecule has 0 heterocycles. The van der Waals surface area contributed by atoms with E-state index in [1.165, 1.54) is 36.4 Å². The summed E-state index contributed by atoms with van der Waals surface area (Å²) in [7, 11) is 0. The first kappa shape index (κ1) is 40.2. The number of phenols is 1. The van der Waals surface area contributed by atoms with Crippen LogP contribution in [0.2, 0.25) is 0 Å². The highest BCUT2D eigenvalue weighted by Crippen LogP contribution is 2.23. The molecule has 0 aliphatic carbocycles. The van der Waals surface area contributed by atoms with Crippen LogP contribution in [0.15, 0.2) is 146 Å². The van der Waals surface area contributed by atoms with Crippen LogP contribution >= 0.6 is 0 Å². The van der Waals surface area contributed by atoms with Gasteiger partial charge in [-0.25, -0.2) is 9.59 Å². The fourth-order valence-corrected chi connectivity index (χ4v) is 5.33. The lowest BCUT2D eigenvalue weighted by Crippen LogP contribution is -2.17. The second-order valence-corrected chi connectivity index (χ2v) is 12.1. The van der Waals surface area contributed by atoms with Crippen molar-refractivity contribution in [3.8, 4) is 35.5 Å². The molecule has 0 aliphatic heterocycles. The molecule has 0 saturated carbocycles. The molecule has 12 nitrogen and oxygen atoms in total. The number of hydrogen-bond acceptors (Lipinski definition) is 8. The molecule has 0 aromatic heterocycles. The number of nitrogens with one attached hydrogen (secondary N) is 2. The van der Waals surface area contributed by atoms with Gasteiger partial charge in [-0.1, -0.05) is 67.1 Å². The summed E-state index contributed by atoms with van der Waals surface area (Å²) in [6.07, 6.45) is 7.60. The number of hydrogen-bond donors (Lipinski definition) is 5. The molecule has 0 saturated heterocycles. The number of carboxylic acids is 2. The summed E-state index contributed by atoms with van der Waals surface area (Å²) in [6, 6.07) is 40.2. The van der Waals surface area contributed by atoms with Crippen molar-refractivity contribution in [2.45, 2.75) is 6.42 Å². The zero-order valence-corrected chi connectivity index (χ0v) is 30.3. The third-order valence-electron chi connectivity index (χ3n) is 8.06. The molecule has 0 fully saturated rings. The van der Waals surface area contributed by atoms with E-state index < -0.39 is 23.8 Å². The van der Waals surface area contributed by atoms with E-state index in [1.54, 1.807) is 48.5 Å². The van der Waals surface area contributed by atoms with E-state index in [0.29, 0.717) is 35.0 Å². The van der Waals surface area contributed by atoms with E-state index >= 15 is 0 Å². The van der Waals surface area contributed by atoms with Crippen molar-refractivity contribution in [2.75, 3.05) is 23.8 Å². The molecule has 0 spiro atoms. The van der Waals surface area contributed by atoms with Crippen molar-refractivity contribution in [1.29, 1.82) is 0 Å². The minimum atomic E-state index is -1.30. The van der Waals surface area contributed by atoms with Gasteiger partial charge in [0.15, 0.2) is 0 Å². The normalized spacial score (nSPS) is 10.1. The number of carbonyl (C=O) groups is 4. The van der Waals surface area contributed by atoms with Gasteiger partial charge in [-0.3, -0.25) is 9.59 Å². The highest BCUT2D eigenvalue weighted by Gasteiger charge is 2.19. The average molecular weight is 765 g/mol. The molecule has 0 aliphatic rings. The minimum absolute atomic E-state index is 0.0178. The maximum absolute atomic E-state index is 13.0. The summed E-state index contributed by atoms with van der Waals surface area (Å²) in [4.78, 5) is 49.5. The Kier molecular flexibility index (Phi) is 14.0. The van der Waals surface area contributed by atoms with Gasteiger partial charge in [0.2, 0.25) is 0 Å². The molecule has 0 unspecified atom stereocenters. The topological polar surface area (TPSA) is 181 Å². The molecule has 0 bridgehead atoms. The molecule has 6 aromatic carbocycles. The monoisotopic (exact) mass is 764 g/mol. The molecule has 0 atom stereocenters. The van der Waals surface area contributed by atoms with Gasteiger partial charge in [-0.2, -0.15) is 0 Å². The van der Waals surface area contributed by atoms with E-state index in [2.05, 4.69) is 10.6 Å². The summed E-state index contributed by atoms with van der Waals surface area (Å²) < 4.78 is 16.1. The van der Waals surface area contributed by atoms with Crippen LogP contribution in [0.1, 0.15) is 52.6 Å². The lowest BCUT2D eigenvalue weighted by Gasteiger charge is -2.12. The summed E-state index contributed by atoms with van der Waals surface area (Å²) in [5.74, 6) is -2.32. The second-order valence-electron chi connectivity index (χ2n) is 12.1. The van der Waals surface area contributed by atoms with Crippen LogP contribution < -0.4 is 24.8 Å². The number of anilines is 2. The molecule has 57 heavy (non-hydrogen) atoms. The Morgan fingerprint density at radius 1 is 0.526 bits per heavy atom. The zero-order chi connectivity index (χ0) is 40.6. The van der Waals surface area contributed by atoms with Crippen molar-refractivity contribution in [3.05, 3.63) is 179 Å². The number of amides is 2. The first-order valence-electron chi connectivity index (χ1n) is 17.3. The van der Waals surface area contributed by atoms with Crippen LogP contribution in [0, 0.1) is 12.5 Å². The number of carboxylic acid groups (broad SMARTS) is 2. The van der Waals surface area contributed by atoms with Crippen LogP contribution in [0.4, 0.5) is 11.4 Å². The first-order chi connectivity index (χ1) is 27.6. The van der Waals surface area contributed by atoms with Gasteiger partial charge in [0, 0.05) is 11.4 Å². The number of phenolic OH excluding ortho intramolecular Hbond substituents is 1. The number of para-hydroxylation sites is 2. The van der Waals surface area contributed by atoms with E-state index in [1.807, 2.05) is 66.8 Å². The average Bonchev–Trinajstić information content (AvgIpc) is 3.22. The van der Waals surface area contributed by atoms with E-state index in [9.17, 15) is 29.4 Å². The summed E-state index contributed by atoms with van der Waals surface area (Å²) in [6.45, 7) is 0.439. The van der Waals surface area contributed by atoms with Gasteiger partial charge < -0.3 is 40.2 Å². The van der Waals surface area contributed by atoms with Gasteiger partial charge in [0.1, 0.15) is 42.3 Å². The number of terminal acetylenes is 1. The highest BCUT2D eigenvalue weighted by atomic mass is 16.5. The number of aromatic carboxylic acids is 2. The summed E-state index contributed by atoms with van der Waals surface area (Å²) in [5, 5.41) is 33.3. The minimum Gasteiger partial charge on any atom is -0.508 e. The van der Waals surface area contributed by atoms with Crippen LogP contribution in [0.25, 0.3) is 0 Å².